The molecule has 0 saturated carbocycles. The highest BCUT2D eigenvalue weighted by Gasteiger charge is 2.30. The standard InChI is InChI=1S/C12H10F3N3O4S2/c13-12(14,15)8-3-1-2-7(4-8)5-17-24(21,22)18-10-9(11(19)20)16-6-23-10/h1-4,6,17-18H,5H2,(H,19,20). The van der Waals surface area contributed by atoms with Crippen LogP contribution >= 0.6 is 11.3 Å². The number of nitrogens with one attached hydrogen (secondary N) is 2. The van der Waals surface area contributed by atoms with E-state index in [2.05, 4.69) is 4.98 Å². The predicted octanol–water partition coefficient (Wildman–Crippen LogP) is 2.31. The van der Waals surface area contributed by atoms with Crippen molar-refractivity contribution in [3.63, 3.8) is 0 Å². The van der Waals surface area contributed by atoms with Gasteiger partial charge in [-0.05, 0) is 11.6 Å². The minimum atomic E-state index is -4.54. The van der Waals surface area contributed by atoms with Crippen LogP contribution in [0.1, 0.15) is 21.6 Å². The number of carboxylic acids is 1. The van der Waals surface area contributed by atoms with E-state index >= 15 is 0 Å². The molecular weight excluding hydrogens is 371 g/mol. The molecule has 0 saturated heterocycles. The van der Waals surface area contributed by atoms with Gasteiger partial charge in [-0.2, -0.15) is 26.3 Å². The van der Waals surface area contributed by atoms with Crippen LogP contribution < -0.4 is 9.44 Å². The van der Waals surface area contributed by atoms with E-state index in [9.17, 15) is 26.4 Å². The first-order chi connectivity index (χ1) is 11.1. The number of hydrogen-bond acceptors (Lipinski definition) is 5. The fraction of sp³-hybridized carbons (Fsp3) is 0.167. The second-order valence-electron chi connectivity index (χ2n) is 4.46. The molecule has 0 fully saturated rings. The summed E-state index contributed by atoms with van der Waals surface area (Å²) in [6.45, 7) is -0.402. The Hall–Kier alpha value is -2.18. The summed E-state index contributed by atoms with van der Waals surface area (Å²) in [4.78, 5) is 14.4. The zero-order valence-corrected chi connectivity index (χ0v) is 13.3. The molecule has 130 valence electrons. The van der Waals surface area contributed by atoms with Gasteiger partial charge >= 0.3 is 12.1 Å². The smallest absolute Gasteiger partial charge is 0.416 e. The summed E-state index contributed by atoms with van der Waals surface area (Å²) in [7, 11) is -4.18. The van der Waals surface area contributed by atoms with Crippen LogP contribution in [0.5, 0.6) is 0 Å². The van der Waals surface area contributed by atoms with Crippen LogP contribution in [0, 0.1) is 0 Å². The van der Waals surface area contributed by atoms with Crippen molar-refractivity contribution in [2.75, 3.05) is 4.72 Å². The number of carboxylic acid groups (broad SMARTS) is 1. The zero-order valence-electron chi connectivity index (χ0n) is 11.7. The number of rotatable bonds is 6. The third-order valence-corrected chi connectivity index (χ3v) is 4.59. The number of aromatic carboxylic acids is 1. The molecule has 0 aliphatic carbocycles. The van der Waals surface area contributed by atoms with Crippen molar-refractivity contribution in [2.45, 2.75) is 12.7 Å². The monoisotopic (exact) mass is 381 g/mol. The molecule has 7 nitrogen and oxygen atoms in total. The highest BCUT2D eigenvalue weighted by Crippen LogP contribution is 2.29. The van der Waals surface area contributed by atoms with Crippen molar-refractivity contribution in [2.24, 2.45) is 0 Å². The van der Waals surface area contributed by atoms with Gasteiger partial charge in [0.2, 0.25) is 0 Å². The molecule has 2 aromatic rings. The van der Waals surface area contributed by atoms with Crippen LogP contribution in [0.25, 0.3) is 0 Å². The Morgan fingerprint density at radius 1 is 1.33 bits per heavy atom. The van der Waals surface area contributed by atoms with E-state index in [1.54, 1.807) is 0 Å². The van der Waals surface area contributed by atoms with E-state index in [-0.39, 0.29) is 10.6 Å². The number of carbonyl (C=O) groups is 1. The van der Waals surface area contributed by atoms with Crippen LogP contribution in [0.15, 0.2) is 29.8 Å². The minimum Gasteiger partial charge on any atom is -0.476 e. The molecular formula is C12H10F3N3O4S2. The summed E-state index contributed by atoms with van der Waals surface area (Å²) < 4.78 is 65.6. The maximum absolute atomic E-state index is 12.6. The van der Waals surface area contributed by atoms with E-state index in [0.717, 1.165) is 35.0 Å². The first-order valence-corrected chi connectivity index (χ1v) is 8.55. The minimum absolute atomic E-state index is 0.0953. The third kappa shape index (κ3) is 4.66. The SMILES string of the molecule is O=C(O)c1ncsc1NS(=O)(=O)NCc1cccc(C(F)(F)F)c1. The zero-order chi connectivity index (χ0) is 18.0. The number of hydrogen-bond donors (Lipinski definition) is 3. The van der Waals surface area contributed by atoms with Crippen molar-refractivity contribution in [1.29, 1.82) is 0 Å². The van der Waals surface area contributed by atoms with Crippen LogP contribution in [0.2, 0.25) is 0 Å². The third-order valence-electron chi connectivity index (χ3n) is 2.72. The molecule has 0 atom stereocenters. The van der Waals surface area contributed by atoms with Crippen molar-refractivity contribution in [3.05, 3.63) is 46.6 Å². The van der Waals surface area contributed by atoms with Crippen LogP contribution in [-0.4, -0.2) is 24.5 Å². The molecule has 0 aliphatic rings. The van der Waals surface area contributed by atoms with E-state index in [1.807, 2.05) is 9.44 Å². The van der Waals surface area contributed by atoms with E-state index in [0.29, 0.717) is 0 Å². The van der Waals surface area contributed by atoms with Gasteiger partial charge in [-0.25, -0.2) is 9.78 Å². The summed E-state index contributed by atoms with van der Waals surface area (Å²) in [6.07, 6.45) is -4.54. The fourth-order valence-electron chi connectivity index (χ4n) is 1.67. The van der Waals surface area contributed by atoms with Gasteiger partial charge in [0, 0.05) is 6.54 Å². The fourth-order valence-corrected chi connectivity index (χ4v) is 3.47. The maximum atomic E-state index is 12.6. The summed E-state index contributed by atoms with van der Waals surface area (Å²) in [6, 6.07) is 4.17. The number of thiazole rings is 1. The van der Waals surface area contributed by atoms with Gasteiger partial charge in [-0.15, -0.1) is 11.3 Å². The molecule has 0 bridgehead atoms. The Morgan fingerprint density at radius 2 is 2.04 bits per heavy atom. The Balaban J connectivity index is 2.08. The lowest BCUT2D eigenvalue weighted by molar-refractivity contribution is -0.137. The molecule has 24 heavy (non-hydrogen) atoms. The van der Waals surface area contributed by atoms with Crippen LogP contribution in [0.3, 0.4) is 0 Å². The normalized spacial score (nSPS) is 12.1. The quantitative estimate of drug-likeness (QED) is 0.712. The summed E-state index contributed by atoms with van der Waals surface area (Å²) in [5.74, 6) is -1.41. The molecule has 1 aromatic heterocycles. The predicted molar refractivity (Wildman–Crippen MR) is 79.9 cm³/mol. The second kappa shape index (κ2) is 6.75. The highest BCUT2D eigenvalue weighted by atomic mass is 32.2. The van der Waals surface area contributed by atoms with Crippen LogP contribution in [-0.2, 0) is 22.9 Å². The molecule has 2 rings (SSSR count). The van der Waals surface area contributed by atoms with Gasteiger partial charge in [0.1, 0.15) is 5.00 Å². The van der Waals surface area contributed by atoms with Crippen molar-refractivity contribution >= 4 is 32.5 Å². The molecule has 1 aromatic carbocycles. The number of alkyl halides is 3. The molecule has 0 amide bonds. The number of benzene rings is 1. The Labute approximate surface area is 138 Å². The summed E-state index contributed by atoms with van der Waals surface area (Å²) in [5.41, 5.74) is -0.126. The lowest BCUT2D eigenvalue weighted by atomic mass is 10.1. The maximum Gasteiger partial charge on any atom is 0.416 e. The van der Waals surface area contributed by atoms with Gasteiger partial charge in [-0.1, -0.05) is 18.2 Å². The van der Waals surface area contributed by atoms with Gasteiger partial charge in [-0.3, -0.25) is 4.72 Å². The Morgan fingerprint density at radius 3 is 2.67 bits per heavy atom. The molecule has 12 heteroatoms. The molecule has 3 N–H and O–H groups in total. The summed E-state index contributed by atoms with van der Waals surface area (Å²) >= 11 is 0.761. The molecule has 0 unspecified atom stereocenters. The average Bonchev–Trinajstić information content (AvgIpc) is 2.92. The second-order valence-corrected chi connectivity index (χ2v) is 6.81. The molecule has 1 heterocycles. The lowest BCUT2D eigenvalue weighted by Crippen LogP contribution is -2.30. The molecule has 0 radical (unpaired) electrons. The first-order valence-electron chi connectivity index (χ1n) is 6.19. The topological polar surface area (TPSA) is 108 Å². The van der Waals surface area contributed by atoms with Gasteiger partial charge in [0.25, 0.3) is 10.2 Å². The molecule has 0 aliphatic heterocycles. The van der Waals surface area contributed by atoms with Crippen LogP contribution in [0.4, 0.5) is 18.2 Å². The van der Waals surface area contributed by atoms with Crippen molar-refractivity contribution < 1.29 is 31.5 Å². The lowest BCUT2D eigenvalue weighted by Gasteiger charge is -2.10. The first kappa shape index (κ1) is 18.2. The number of aromatic nitrogens is 1. The van der Waals surface area contributed by atoms with Gasteiger partial charge in [0.15, 0.2) is 5.69 Å². The number of anilines is 1. The van der Waals surface area contributed by atoms with Crippen molar-refractivity contribution in [3.8, 4) is 0 Å². The van der Waals surface area contributed by atoms with E-state index in [1.165, 1.54) is 6.07 Å². The summed E-state index contributed by atoms with van der Waals surface area (Å²) in [5, 5.41) is 8.64. The number of halogens is 3. The van der Waals surface area contributed by atoms with Gasteiger partial charge in [0.05, 0.1) is 11.1 Å². The largest absolute Gasteiger partial charge is 0.476 e. The van der Waals surface area contributed by atoms with Crippen molar-refractivity contribution in [1.82, 2.24) is 9.71 Å². The van der Waals surface area contributed by atoms with E-state index in [4.69, 9.17) is 5.11 Å². The Bertz CT molecular complexity index is 849. The number of nitrogens with zero attached hydrogens (tertiary/aromatic N) is 1. The van der Waals surface area contributed by atoms with E-state index < -0.39 is 40.2 Å². The van der Waals surface area contributed by atoms with Gasteiger partial charge < -0.3 is 5.11 Å². The molecule has 0 spiro atoms. The Kier molecular flexibility index (Phi) is 5.11. The highest BCUT2D eigenvalue weighted by molar-refractivity contribution is 7.91. The average molecular weight is 381 g/mol.